The minimum Gasteiger partial charge on any atom is -0.338 e. The van der Waals surface area contributed by atoms with Crippen molar-refractivity contribution >= 4 is 41.8 Å². The van der Waals surface area contributed by atoms with Crippen molar-refractivity contribution < 1.29 is 4.79 Å². The van der Waals surface area contributed by atoms with Gasteiger partial charge in [-0.25, -0.2) is 9.67 Å². The van der Waals surface area contributed by atoms with E-state index in [4.69, 9.17) is 10.7 Å². The molecule has 1 fully saturated rings. The summed E-state index contributed by atoms with van der Waals surface area (Å²) < 4.78 is 1.89. The molecule has 1 atom stereocenters. The minimum absolute atomic E-state index is 0. The van der Waals surface area contributed by atoms with Gasteiger partial charge in [0.25, 0.3) is 5.91 Å². The predicted octanol–water partition coefficient (Wildman–Crippen LogP) is 4.64. The van der Waals surface area contributed by atoms with Crippen molar-refractivity contribution in [1.82, 2.24) is 19.7 Å². The van der Waals surface area contributed by atoms with Crippen LogP contribution in [0.4, 0.5) is 0 Å². The van der Waals surface area contributed by atoms with Crippen LogP contribution in [0.2, 0.25) is 0 Å². The van der Waals surface area contributed by atoms with Crippen molar-refractivity contribution in [2.75, 3.05) is 19.6 Å². The fourth-order valence-corrected chi connectivity index (χ4v) is 3.98. The maximum atomic E-state index is 13.5. The summed E-state index contributed by atoms with van der Waals surface area (Å²) in [6.45, 7) is 10.4. The van der Waals surface area contributed by atoms with Crippen molar-refractivity contribution in [2.24, 2.45) is 11.1 Å². The smallest absolute Gasteiger partial charge is 0.254 e. The molecule has 4 rings (SSSR count). The normalized spacial score (nSPS) is 18.2. The first-order valence-corrected chi connectivity index (χ1v) is 10.3. The molecule has 2 aromatic heterocycles. The largest absolute Gasteiger partial charge is 0.338 e. The third-order valence-corrected chi connectivity index (χ3v) is 5.97. The fraction of sp³-hybridized carbons (Fsp3) is 0.435. The molecule has 0 saturated carbocycles. The Hall–Kier alpha value is -2.15. The zero-order chi connectivity index (χ0) is 20.8. The lowest BCUT2D eigenvalue weighted by Gasteiger charge is -2.23. The van der Waals surface area contributed by atoms with E-state index in [1.54, 1.807) is 6.20 Å². The number of nitrogens with two attached hydrogens (primary N) is 1. The average molecular weight is 464 g/mol. The Bertz CT molecular complexity index is 1060. The summed E-state index contributed by atoms with van der Waals surface area (Å²) in [5, 5.41) is 5.33. The number of benzene rings is 1. The van der Waals surface area contributed by atoms with E-state index in [-0.39, 0.29) is 42.2 Å². The van der Waals surface area contributed by atoms with Crippen molar-refractivity contribution in [3.05, 3.63) is 47.7 Å². The van der Waals surface area contributed by atoms with Gasteiger partial charge in [-0.1, -0.05) is 36.8 Å². The van der Waals surface area contributed by atoms with Gasteiger partial charge in [0, 0.05) is 24.7 Å². The Morgan fingerprint density at radius 3 is 2.48 bits per heavy atom. The first kappa shape index (κ1) is 25.1. The highest BCUT2D eigenvalue weighted by Gasteiger charge is 2.36. The first-order chi connectivity index (χ1) is 13.8. The Labute approximate surface area is 196 Å². The van der Waals surface area contributed by atoms with E-state index in [1.165, 1.54) is 5.56 Å². The van der Waals surface area contributed by atoms with Gasteiger partial charge in [-0.15, -0.1) is 24.8 Å². The Morgan fingerprint density at radius 2 is 1.90 bits per heavy atom. The molecule has 8 heteroatoms. The lowest BCUT2D eigenvalue weighted by atomic mass is 9.90. The monoisotopic (exact) mass is 463 g/mol. The molecule has 1 aliphatic rings. The topological polar surface area (TPSA) is 77.0 Å². The number of carbonyl (C=O) groups is 1. The lowest BCUT2D eigenvalue weighted by Crippen LogP contribution is -2.34. The van der Waals surface area contributed by atoms with Crippen LogP contribution in [0, 0.1) is 12.3 Å². The second-order valence-electron chi connectivity index (χ2n) is 8.83. The number of halogens is 2. The van der Waals surface area contributed by atoms with E-state index in [9.17, 15) is 4.79 Å². The molecule has 6 nitrogen and oxygen atoms in total. The van der Waals surface area contributed by atoms with Crippen LogP contribution in [0.3, 0.4) is 0 Å². The standard InChI is InChI=1S/C23H29N5O.2ClH/c1-15(2)28-21-19(12-25-28)18(22(29)27-10-9-23(4,13-24)14-27)11-20(26-21)17-7-5-16(3)6-8-17;;/h5-8,11-12,15H,9-10,13-14,24H2,1-4H3;2*1H. The molecule has 1 amide bonds. The quantitative estimate of drug-likeness (QED) is 0.610. The molecule has 0 spiro atoms. The molecular formula is C23H31Cl2N5O. The third-order valence-electron chi connectivity index (χ3n) is 5.97. The number of rotatable bonds is 4. The summed E-state index contributed by atoms with van der Waals surface area (Å²) >= 11 is 0. The number of aryl methyl sites for hydroxylation is 1. The van der Waals surface area contributed by atoms with Gasteiger partial charge in [0.15, 0.2) is 5.65 Å². The minimum atomic E-state index is -0.0102. The fourth-order valence-electron chi connectivity index (χ4n) is 3.98. The van der Waals surface area contributed by atoms with Gasteiger partial charge in [-0.2, -0.15) is 5.10 Å². The van der Waals surface area contributed by atoms with Crippen LogP contribution in [-0.4, -0.2) is 45.2 Å². The summed E-state index contributed by atoms with van der Waals surface area (Å²) in [7, 11) is 0. The predicted molar refractivity (Wildman–Crippen MR) is 130 cm³/mol. The molecule has 2 N–H and O–H groups in total. The summed E-state index contributed by atoms with van der Waals surface area (Å²) in [5.74, 6) is 0.0336. The zero-order valence-corrected chi connectivity index (χ0v) is 20.1. The van der Waals surface area contributed by atoms with Gasteiger partial charge in [-0.05, 0) is 45.2 Å². The average Bonchev–Trinajstić information content (AvgIpc) is 3.32. The van der Waals surface area contributed by atoms with E-state index in [1.807, 2.05) is 15.6 Å². The van der Waals surface area contributed by atoms with Gasteiger partial charge in [0.1, 0.15) is 0 Å². The van der Waals surface area contributed by atoms with E-state index < -0.39 is 0 Å². The number of hydrogen-bond donors (Lipinski definition) is 1. The number of nitrogens with zero attached hydrogens (tertiary/aromatic N) is 4. The molecular weight excluding hydrogens is 433 g/mol. The van der Waals surface area contributed by atoms with Crippen molar-refractivity contribution in [1.29, 1.82) is 0 Å². The van der Waals surface area contributed by atoms with E-state index >= 15 is 0 Å². The van der Waals surface area contributed by atoms with Crippen LogP contribution in [-0.2, 0) is 0 Å². The van der Waals surface area contributed by atoms with Crippen LogP contribution in [0.25, 0.3) is 22.3 Å². The number of carbonyl (C=O) groups excluding carboxylic acids is 1. The number of fused-ring (bicyclic) bond motifs is 1. The molecule has 1 saturated heterocycles. The highest BCUT2D eigenvalue weighted by molar-refractivity contribution is 6.06. The summed E-state index contributed by atoms with van der Waals surface area (Å²) in [4.78, 5) is 20.3. The maximum absolute atomic E-state index is 13.5. The number of hydrogen-bond acceptors (Lipinski definition) is 4. The van der Waals surface area contributed by atoms with E-state index in [2.05, 4.69) is 57.1 Å². The SMILES string of the molecule is Cc1ccc(-c2cc(C(=O)N3CCC(C)(CN)C3)c3cnn(C(C)C)c3n2)cc1.Cl.Cl. The molecule has 3 aromatic rings. The van der Waals surface area contributed by atoms with Crippen molar-refractivity contribution in [3.63, 3.8) is 0 Å². The highest BCUT2D eigenvalue weighted by atomic mass is 35.5. The van der Waals surface area contributed by atoms with E-state index in [0.29, 0.717) is 18.7 Å². The van der Waals surface area contributed by atoms with Crippen molar-refractivity contribution in [2.45, 2.75) is 40.2 Å². The van der Waals surface area contributed by atoms with Gasteiger partial charge in [-0.3, -0.25) is 4.79 Å². The summed E-state index contributed by atoms with van der Waals surface area (Å²) in [6.07, 6.45) is 2.70. The first-order valence-electron chi connectivity index (χ1n) is 10.3. The molecule has 1 unspecified atom stereocenters. The molecule has 1 aliphatic heterocycles. The van der Waals surface area contributed by atoms with Crippen LogP contribution in [0.15, 0.2) is 36.5 Å². The van der Waals surface area contributed by atoms with Crippen LogP contribution < -0.4 is 5.73 Å². The van der Waals surface area contributed by atoms with Crippen LogP contribution in [0.5, 0.6) is 0 Å². The molecule has 3 heterocycles. The molecule has 0 aliphatic carbocycles. The maximum Gasteiger partial charge on any atom is 0.254 e. The van der Waals surface area contributed by atoms with Crippen LogP contribution >= 0.6 is 24.8 Å². The number of amides is 1. The van der Waals surface area contributed by atoms with Gasteiger partial charge >= 0.3 is 0 Å². The Kier molecular flexibility index (Phi) is 7.74. The molecule has 1 aromatic carbocycles. The van der Waals surface area contributed by atoms with Gasteiger partial charge < -0.3 is 10.6 Å². The third kappa shape index (κ3) is 4.71. The Balaban J connectivity index is 0.00000171. The van der Waals surface area contributed by atoms with Crippen LogP contribution in [0.1, 0.15) is 49.2 Å². The highest BCUT2D eigenvalue weighted by Crippen LogP contribution is 2.32. The molecule has 0 radical (unpaired) electrons. The lowest BCUT2D eigenvalue weighted by molar-refractivity contribution is 0.0779. The molecule has 0 bridgehead atoms. The van der Waals surface area contributed by atoms with E-state index in [0.717, 1.165) is 35.3 Å². The molecule has 168 valence electrons. The second-order valence-corrected chi connectivity index (χ2v) is 8.83. The second kappa shape index (κ2) is 9.55. The van der Waals surface area contributed by atoms with Gasteiger partial charge in [0.05, 0.1) is 22.8 Å². The van der Waals surface area contributed by atoms with Crippen molar-refractivity contribution in [3.8, 4) is 11.3 Å². The van der Waals surface area contributed by atoms with Gasteiger partial charge in [0.2, 0.25) is 0 Å². The Morgan fingerprint density at radius 1 is 1.23 bits per heavy atom. The number of aromatic nitrogens is 3. The zero-order valence-electron chi connectivity index (χ0n) is 18.5. The number of likely N-dealkylation sites (tertiary alicyclic amines) is 1. The molecule has 31 heavy (non-hydrogen) atoms. The number of pyridine rings is 1. The summed E-state index contributed by atoms with van der Waals surface area (Å²) in [6, 6.07) is 10.3. The summed E-state index contributed by atoms with van der Waals surface area (Å²) in [5.41, 5.74) is 10.3.